The molecule has 0 aliphatic rings. The molecule has 25 heavy (non-hydrogen) atoms. The molecule has 0 N–H and O–H groups in total. The van der Waals surface area contributed by atoms with Crippen LogP contribution in [-0.4, -0.2) is 15.4 Å². The van der Waals surface area contributed by atoms with E-state index < -0.39 is 5.97 Å². The van der Waals surface area contributed by atoms with Gasteiger partial charge in [0.2, 0.25) is 0 Å². The standard InChI is InChI=1S/C18H11FN2O2S.Na/c19-12-7-5-11(6-8-12)17-14(9-10-16(22)23)21-13-3-1-2-4-15(13)24-18(21)20-17;/h1-10H,(H,22,23);/q;+1/p-1. The summed E-state index contributed by atoms with van der Waals surface area (Å²) in [5, 5.41) is 10.9. The number of hydrogen-bond donors (Lipinski definition) is 0. The summed E-state index contributed by atoms with van der Waals surface area (Å²) in [6.07, 6.45) is 2.44. The fourth-order valence-electron chi connectivity index (χ4n) is 2.66. The second kappa shape index (κ2) is 7.09. The minimum Gasteiger partial charge on any atom is -0.545 e. The van der Waals surface area contributed by atoms with E-state index >= 15 is 0 Å². The molecule has 118 valence electrons. The zero-order valence-electron chi connectivity index (χ0n) is 13.3. The molecule has 0 spiro atoms. The summed E-state index contributed by atoms with van der Waals surface area (Å²) in [5.74, 6) is -1.62. The van der Waals surface area contributed by atoms with E-state index in [1.165, 1.54) is 29.5 Å². The van der Waals surface area contributed by atoms with Crippen LogP contribution in [0.5, 0.6) is 0 Å². The fraction of sp³-hybridized carbons (Fsp3) is 0. The number of carboxylic acid groups (broad SMARTS) is 1. The van der Waals surface area contributed by atoms with E-state index in [-0.39, 0.29) is 35.4 Å². The second-order valence-corrected chi connectivity index (χ2v) is 6.20. The number of aliphatic carboxylic acids is 1. The first-order chi connectivity index (χ1) is 11.6. The van der Waals surface area contributed by atoms with Crippen molar-refractivity contribution in [2.45, 2.75) is 0 Å². The number of thiazole rings is 1. The van der Waals surface area contributed by atoms with Gasteiger partial charge in [-0.15, -0.1) is 0 Å². The molecule has 4 rings (SSSR count). The van der Waals surface area contributed by atoms with Crippen molar-refractivity contribution in [3.05, 3.63) is 66.1 Å². The molecule has 2 aromatic heterocycles. The van der Waals surface area contributed by atoms with E-state index in [9.17, 15) is 14.3 Å². The summed E-state index contributed by atoms with van der Waals surface area (Å²) in [5.41, 5.74) is 2.88. The maximum atomic E-state index is 13.2. The Balaban J connectivity index is 0.00000182. The van der Waals surface area contributed by atoms with Crippen LogP contribution >= 0.6 is 11.3 Å². The number of carbonyl (C=O) groups is 1. The van der Waals surface area contributed by atoms with Crippen LogP contribution in [0.15, 0.2) is 54.6 Å². The molecule has 0 amide bonds. The van der Waals surface area contributed by atoms with Gasteiger partial charge in [0.1, 0.15) is 5.82 Å². The Morgan fingerprint density at radius 3 is 2.60 bits per heavy atom. The SMILES string of the molecule is O=C([O-])C=Cc1c(-c2ccc(F)cc2)nc2sc3ccccc3n12.[Na+]. The zero-order chi connectivity index (χ0) is 16.7. The van der Waals surface area contributed by atoms with Gasteiger partial charge >= 0.3 is 29.6 Å². The Bertz CT molecular complexity index is 1100. The molecule has 0 fully saturated rings. The number of halogens is 1. The monoisotopic (exact) mass is 360 g/mol. The van der Waals surface area contributed by atoms with Gasteiger partial charge in [-0.2, -0.15) is 0 Å². The Morgan fingerprint density at radius 1 is 1.16 bits per heavy atom. The summed E-state index contributed by atoms with van der Waals surface area (Å²) in [4.78, 5) is 16.2. The van der Waals surface area contributed by atoms with E-state index in [1.54, 1.807) is 12.1 Å². The van der Waals surface area contributed by atoms with E-state index in [1.807, 2.05) is 28.7 Å². The van der Waals surface area contributed by atoms with Crippen LogP contribution in [-0.2, 0) is 4.79 Å². The minimum absolute atomic E-state index is 0. The third-order valence-electron chi connectivity index (χ3n) is 3.68. The smallest absolute Gasteiger partial charge is 0.545 e. The van der Waals surface area contributed by atoms with Crippen LogP contribution in [0, 0.1) is 5.82 Å². The van der Waals surface area contributed by atoms with E-state index in [2.05, 4.69) is 4.98 Å². The van der Waals surface area contributed by atoms with Gasteiger partial charge in [0.15, 0.2) is 4.96 Å². The molecule has 0 radical (unpaired) electrons. The maximum Gasteiger partial charge on any atom is 1.00 e. The van der Waals surface area contributed by atoms with Gasteiger partial charge in [0.25, 0.3) is 0 Å². The van der Waals surface area contributed by atoms with Crippen molar-refractivity contribution < 1.29 is 43.8 Å². The van der Waals surface area contributed by atoms with Crippen LogP contribution in [0.1, 0.15) is 5.69 Å². The van der Waals surface area contributed by atoms with Crippen molar-refractivity contribution in [1.29, 1.82) is 0 Å². The number of benzene rings is 2. The van der Waals surface area contributed by atoms with Gasteiger partial charge in [0.05, 0.1) is 27.6 Å². The predicted molar refractivity (Wildman–Crippen MR) is 90.0 cm³/mol. The summed E-state index contributed by atoms with van der Waals surface area (Å²) in [7, 11) is 0. The Morgan fingerprint density at radius 2 is 1.88 bits per heavy atom. The molecule has 0 atom stereocenters. The molecule has 7 heteroatoms. The fourth-order valence-corrected chi connectivity index (χ4v) is 3.69. The van der Waals surface area contributed by atoms with E-state index in [4.69, 9.17) is 0 Å². The van der Waals surface area contributed by atoms with Crippen LogP contribution in [0.25, 0.3) is 32.5 Å². The first-order valence-corrected chi connectivity index (χ1v) is 8.00. The summed E-state index contributed by atoms with van der Waals surface area (Å²) >= 11 is 1.51. The second-order valence-electron chi connectivity index (χ2n) is 5.19. The Kier molecular flexibility index (Phi) is 5.06. The number of nitrogens with zero attached hydrogens (tertiary/aromatic N) is 2. The molecule has 2 heterocycles. The van der Waals surface area contributed by atoms with Gasteiger partial charge in [0, 0.05) is 5.56 Å². The maximum absolute atomic E-state index is 13.2. The molecule has 0 bridgehead atoms. The number of carbonyl (C=O) groups excluding carboxylic acids is 1. The van der Waals surface area contributed by atoms with E-state index in [0.29, 0.717) is 11.4 Å². The van der Waals surface area contributed by atoms with Crippen LogP contribution in [0.2, 0.25) is 0 Å². The average molecular weight is 360 g/mol. The average Bonchev–Trinajstić information content (AvgIpc) is 3.09. The number of carboxylic acids is 1. The number of hydrogen-bond acceptors (Lipinski definition) is 4. The number of para-hydroxylation sites is 1. The van der Waals surface area contributed by atoms with Gasteiger partial charge < -0.3 is 9.90 Å². The van der Waals surface area contributed by atoms with Crippen molar-refractivity contribution in [3.8, 4) is 11.3 Å². The molecule has 0 aliphatic carbocycles. The van der Waals surface area contributed by atoms with Gasteiger partial charge in [-0.25, -0.2) is 9.37 Å². The topological polar surface area (TPSA) is 57.4 Å². The third-order valence-corrected chi connectivity index (χ3v) is 4.71. The van der Waals surface area contributed by atoms with Crippen LogP contribution in [0.3, 0.4) is 0 Å². The molecular formula is C18H10FN2NaO2S. The molecule has 0 unspecified atom stereocenters. The molecule has 0 saturated heterocycles. The Labute approximate surface area is 168 Å². The van der Waals surface area contributed by atoms with Crippen LogP contribution in [0.4, 0.5) is 4.39 Å². The number of aromatic nitrogens is 2. The molecule has 0 aliphatic heterocycles. The molecule has 4 nitrogen and oxygen atoms in total. The van der Waals surface area contributed by atoms with Crippen molar-refractivity contribution in [1.82, 2.24) is 9.38 Å². The van der Waals surface area contributed by atoms with Gasteiger partial charge in [-0.3, -0.25) is 4.40 Å². The van der Waals surface area contributed by atoms with Crippen molar-refractivity contribution in [2.75, 3.05) is 0 Å². The first kappa shape index (κ1) is 17.8. The van der Waals surface area contributed by atoms with Gasteiger partial charge in [-0.05, 0) is 48.6 Å². The largest absolute Gasteiger partial charge is 1.00 e. The van der Waals surface area contributed by atoms with Crippen molar-refractivity contribution >= 4 is 38.6 Å². The minimum atomic E-state index is -1.28. The van der Waals surface area contributed by atoms with Crippen molar-refractivity contribution in [2.24, 2.45) is 0 Å². The first-order valence-electron chi connectivity index (χ1n) is 7.18. The molecule has 2 aromatic carbocycles. The number of fused-ring (bicyclic) bond motifs is 3. The predicted octanol–water partition coefficient (Wildman–Crippen LogP) is 0.122. The third kappa shape index (κ3) is 3.26. The summed E-state index contributed by atoms with van der Waals surface area (Å²) < 4.78 is 16.1. The molecule has 4 aromatic rings. The Hall–Kier alpha value is -1.99. The van der Waals surface area contributed by atoms with Crippen molar-refractivity contribution in [3.63, 3.8) is 0 Å². The summed E-state index contributed by atoms with van der Waals surface area (Å²) in [6, 6.07) is 13.7. The van der Waals surface area contributed by atoms with Gasteiger partial charge in [-0.1, -0.05) is 23.5 Å². The number of rotatable bonds is 3. The zero-order valence-corrected chi connectivity index (χ0v) is 16.1. The van der Waals surface area contributed by atoms with E-state index in [0.717, 1.165) is 26.8 Å². The number of imidazole rings is 1. The molecule has 0 saturated carbocycles. The molecular weight excluding hydrogens is 350 g/mol. The van der Waals surface area contributed by atoms with Crippen LogP contribution < -0.4 is 34.7 Å². The normalized spacial score (nSPS) is 11.2. The quantitative estimate of drug-likeness (QED) is 0.385. The summed E-state index contributed by atoms with van der Waals surface area (Å²) in [6.45, 7) is 0.